The van der Waals surface area contributed by atoms with Crippen LogP contribution in [0.25, 0.3) is 21.3 Å². The Morgan fingerprint density at radius 2 is 2.09 bits per heavy atom. The molecule has 8 nitrogen and oxygen atoms in total. The van der Waals surface area contributed by atoms with Gasteiger partial charge in [-0.3, -0.25) is 14.2 Å². The minimum atomic E-state index is -0.225. The first kappa shape index (κ1) is 20.9. The molecular weight excluding hydrogens is 446 g/mol. The standard InChI is InChI=1S/C22H21N5O3S2/c1-13-17(14-6-3-2-4-7-14)18-20(31-13)23-12-27(21(18)29)10-9-16(28)24-22-26-25-19(32-22)15-8-5-11-30-15/h2-4,6-7,12,15H,5,8-11H2,1H3,(H,24,26,28). The molecule has 4 aromatic rings. The van der Waals surface area contributed by atoms with Crippen molar-refractivity contribution >= 4 is 43.9 Å². The zero-order chi connectivity index (χ0) is 22.1. The normalized spacial score (nSPS) is 16.0. The number of hydrogen-bond acceptors (Lipinski definition) is 8. The lowest BCUT2D eigenvalue weighted by atomic mass is 10.0. The Morgan fingerprint density at radius 1 is 1.25 bits per heavy atom. The molecule has 1 aliphatic heterocycles. The highest BCUT2D eigenvalue weighted by atomic mass is 32.1. The van der Waals surface area contributed by atoms with Gasteiger partial charge in [-0.1, -0.05) is 41.7 Å². The van der Waals surface area contributed by atoms with Crippen LogP contribution in [-0.2, 0) is 16.1 Å². The zero-order valence-corrected chi connectivity index (χ0v) is 19.0. The third kappa shape index (κ3) is 4.08. The van der Waals surface area contributed by atoms with Crippen LogP contribution in [0.5, 0.6) is 0 Å². The van der Waals surface area contributed by atoms with Gasteiger partial charge in [-0.15, -0.1) is 21.5 Å². The molecule has 32 heavy (non-hydrogen) atoms. The van der Waals surface area contributed by atoms with Gasteiger partial charge in [-0.2, -0.15) is 0 Å². The van der Waals surface area contributed by atoms with Crippen LogP contribution in [0.4, 0.5) is 5.13 Å². The van der Waals surface area contributed by atoms with E-state index in [1.165, 1.54) is 33.6 Å². The van der Waals surface area contributed by atoms with Crippen LogP contribution < -0.4 is 10.9 Å². The summed E-state index contributed by atoms with van der Waals surface area (Å²) in [5, 5.41) is 12.8. The third-order valence-corrected chi connectivity index (χ3v) is 7.33. The maximum Gasteiger partial charge on any atom is 0.262 e. The lowest BCUT2D eigenvalue weighted by Gasteiger charge is -2.06. The van der Waals surface area contributed by atoms with E-state index in [2.05, 4.69) is 20.5 Å². The summed E-state index contributed by atoms with van der Waals surface area (Å²) in [5.41, 5.74) is 1.77. The summed E-state index contributed by atoms with van der Waals surface area (Å²) in [6.07, 6.45) is 3.56. The number of benzene rings is 1. The van der Waals surface area contributed by atoms with Crippen molar-refractivity contribution in [3.8, 4) is 11.1 Å². The molecule has 1 N–H and O–H groups in total. The van der Waals surface area contributed by atoms with Gasteiger partial charge in [-0.25, -0.2) is 4.98 Å². The van der Waals surface area contributed by atoms with Crippen molar-refractivity contribution in [2.45, 2.75) is 38.8 Å². The Balaban J connectivity index is 1.32. The summed E-state index contributed by atoms with van der Waals surface area (Å²) >= 11 is 2.84. The second-order valence-electron chi connectivity index (χ2n) is 7.57. The quantitative estimate of drug-likeness (QED) is 0.457. The molecule has 0 spiro atoms. The highest BCUT2D eigenvalue weighted by molar-refractivity contribution is 7.19. The number of carbonyl (C=O) groups is 1. The van der Waals surface area contributed by atoms with E-state index in [1.54, 1.807) is 0 Å². The van der Waals surface area contributed by atoms with E-state index in [0.717, 1.165) is 40.5 Å². The maximum atomic E-state index is 13.2. The van der Waals surface area contributed by atoms with Crippen LogP contribution in [0.15, 0.2) is 41.5 Å². The van der Waals surface area contributed by atoms with Crippen LogP contribution in [-0.4, -0.2) is 32.3 Å². The van der Waals surface area contributed by atoms with Crippen LogP contribution in [0.2, 0.25) is 0 Å². The molecular formula is C22H21N5O3S2. The van der Waals surface area contributed by atoms with Gasteiger partial charge < -0.3 is 10.1 Å². The van der Waals surface area contributed by atoms with E-state index >= 15 is 0 Å². The average molecular weight is 468 g/mol. The van der Waals surface area contributed by atoms with Crippen molar-refractivity contribution in [3.05, 3.63) is 56.9 Å². The molecule has 0 radical (unpaired) electrons. The molecule has 5 rings (SSSR count). The van der Waals surface area contributed by atoms with Gasteiger partial charge in [0.25, 0.3) is 5.56 Å². The van der Waals surface area contributed by atoms with Crippen LogP contribution >= 0.6 is 22.7 Å². The molecule has 0 saturated carbocycles. The summed E-state index contributed by atoms with van der Waals surface area (Å²) in [6, 6.07) is 9.84. The van der Waals surface area contributed by atoms with Crippen LogP contribution in [0.3, 0.4) is 0 Å². The topological polar surface area (TPSA) is 99.0 Å². The number of rotatable bonds is 6. The Labute approximate surface area is 191 Å². The van der Waals surface area contributed by atoms with E-state index in [1.807, 2.05) is 37.3 Å². The fraction of sp³-hybridized carbons (Fsp3) is 0.318. The smallest absolute Gasteiger partial charge is 0.262 e. The number of ether oxygens (including phenoxy) is 1. The molecule has 1 fully saturated rings. The lowest BCUT2D eigenvalue weighted by molar-refractivity contribution is -0.116. The summed E-state index contributed by atoms with van der Waals surface area (Å²) in [7, 11) is 0. The van der Waals surface area contributed by atoms with E-state index in [-0.39, 0.29) is 30.5 Å². The Bertz CT molecular complexity index is 1320. The number of amides is 1. The maximum absolute atomic E-state index is 13.2. The SMILES string of the molecule is Cc1sc2ncn(CCC(=O)Nc3nnc(C4CCCO4)s3)c(=O)c2c1-c1ccccc1. The number of nitrogens with one attached hydrogen (secondary N) is 1. The average Bonchev–Trinajstić information content (AvgIpc) is 3.53. The van der Waals surface area contributed by atoms with Crippen molar-refractivity contribution in [3.63, 3.8) is 0 Å². The van der Waals surface area contributed by atoms with E-state index < -0.39 is 0 Å². The molecule has 3 aromatic heterocycles. The number of aromatic nitrogens is 4. The van der Waals surface area contributed by atoms with Gasteiger partial charge in [0.05, 0.1) is 11.7 Å². The summed E-state index contributed by atoms with van der Waals surface area (Å²) in [5.74, 6) is -0.225. The van der Waals surface area contributed by atoms with Gasteiger partial charge in [0.15, 0.2) is 0 Å². The second-order valence-corrected chi connectivity index (χ2v) is 9.78. The number of nitrogens with zero attached hydrogens (tertiary/aromatic N) is 4. The third-order valence-electron chi connectivity index (χ3n) is 5.39. The van der Waals surface area contributed by atoms with Crippen molar-refractivity contribution in [2.75, 3.05) is 11.9 Å². The van der Waals surface area contributed by atoms with E-state index in [4.69, 9.17) is 4.74 Å². The van der Waals surface area contributed by atoms with E-state index in [9.17, 15) is 9.59 Å². The van der Waals surface area contributed by atoms with Gasteiger partial charge in [0.2, 0.25) is 11.0 Å². The Morgan fingerprint density at radius 3 is 2.88 bits per heavy atom. The summed E-state index contributed by atoms with van der Waals surface area (Å²) < 4.78 is 7.10. The van der Waals surface area contributed by atoms with Crippen molar-refractivity contribution in [2.24, 2.45) is 0 Å². The number of hydrogen-bond donors (Lipinski definition) is 1. The molecule has 1 aliphatic rings. The van der Waals surface area contributed by atoms with E-state index in [0.29, 0.717) is 15.3 Å². The largest absolute Gasteiger partial charge is 0.371 e. The number of thiophene rings is 1. The molecule has 0 aliphatic carbocycles. The van der Waals surface area contributed by atoms with Gasteiger partial charge in [0.1, 0.15) is 15.9 Å². The fourth-order valence-electron chi connectivity index (χ4n) is 3.84. The van der Waals surface area contributed by atoms with Crippen molar-refractivity contribution in [1.29, 1.82) is 0 Å². The molecule has 1 amide bonds. The van der Waals surface area contributed by atoms with Crippen LogP contribution in [0, 0.1) is 6.92 Å². The zero-order valence-electron chi connectivity index (χ0n) is 17.4. The molecule has 4 heterocycles. The summed E-state index contributed by atoms with van der Waals surface area (Å²) in [6.45, 7) is 2.96. The van der Waals surface area contributed by atoms with Gasteiger partial charge >= 0.3 is 0 Å². The fourth-order valence-corrected chi connectivity index (χ4v) is 5.69. The van der Waals surface area contributed by atoms with Crippen molar-refractivity contribution < 1.29 is 9.53 Å². The van der Waals surface area contributed by atoms with Gasteiger partial charge in [0, 0.05) is 30.0 Å². The highest BCUT2D eigenvalue weighted by Crippen LogP contribution is 2.35. The van der Waals surface area contributed by atoms with Crippen LogP contribution in [0.1, 0.15) is 35.3 Å². The number of carbonyl (C=O) groups excluding carboxylic acids is 1. The second kappa shape index (κ2) is 8.89. The molecule has 1 aromatic carbocycles. The molecule has 10 heteroatoms. The predicted octanol–water partition coefficient (Wildman–Crippen LogP) is 4.17. The minimum Gasteiger partial charge on any atom is -0.371 e. The minimum absolute atomic E-state index is 0.0255. The molecule has 1 atom stereocenters. The lowest BCUT2D eigenvalue weighted by Crippen LogP contribution is -2.23. The number of aryl methyl sites for hydroxylation is 2. The van der Waals surface area contributed by atoms with Gasteiger partial charge in [-0.05, 0) is 25.3 Å². The Kier molecular flexibility index (Phi) is 5.81. The molecule has 1 unspecified atom stereocenters. The summed E-state index contributed by atoms with van der Waals surface area (Å²) in [4.78, 5) is 31.9. The first-order valence-electron chi connectivity index (χ1n) is 10.4. The first-order chi connectivity index (χ1) is 15.6. The molecule has 1 saturated heterocycles. The Hall–Kier alpha value is -2.95. The monoisotopic (exact) mass is 467 g/mol. The molecule has 0 bridgehead atoms. The van der Waals surface area contributed by atoms with Crippen molar-refractivity contribution in [1.82, 2.24) is 19.7 Å². The molecule has 164 valence electrons. The highest BCUT2D eigenvalue weighted by Gasteiger charge is 2.22. The number of fused-ring (bicyclic) bond motifs is 1. The first-order valence-corrected chi connectivity index (χ1v) is 12.0. The predicted molar refractivity (Wildman–Crippen MR) is 125 cm³/mol. The number of anilines is 1.